The van der Waals surface area contributed by atoms with Gasteiger partial charge in [-0.15, -0.1) is 0 Å². The van der Waals surface area contributed by atoms with E-state index in [2.05, 4.69) is 4.90 Å². The molecule has 4 nitrogen and oxygen atoms in total. The van der Waals surface area contributed by atoms with Crippen LogP contribution in [0.15, 0.2) is 53.4 Å². The molecule has 7 heteroatoms. The molecule has 0 aliphatic carbocycles. The van der Waals surface area contributed by atoms with E-state index in [4.69, 9.17) is 4.74 Å². The topological polar surface area (TPSA) is 32.8 Å². The lowest BCUT2D eigenvalue weighted by atomic mass is 10.1. The van der Waals surface area contributed by atoms with Crippen LogP contribution in [0.5, 0.6) is 5.75 Å². The van der Waals surface area contributed by atoms with Crippen molar-refractivity contribution < 1.29 is 18.3 Å². The van der Waals surface area contributed by atoms with Crippen LogP contribution >= 0.6 is 11.8 Å². The van der Waals surface area contributed by atoms with Crippen LogP contribution in [-0.4, -0.2) is 43.3 Å². The van der Waals surface area contributed by atoms with Gasteiger partial charge in [-0.2, -0.15) is 8.78 Å². The standard InChI is InChI=1S/C19H20F2N2O2S/c1-22(2)18(24)17-12-23(15-5-3-4-6-16(15)25-17)11-13-7-9-14(10-8-13)26-19(20)21/h3-10,17,19H,11-12H2,1-2H3. The number of anilines is 1. The first-order valence-electron chi connectivity index (χ1n) is 8.19. The predicted octanol–water partition coefficient (Wildman–Crippen LogP) is 3.86. The van der Waals surface area contributed by atoms with E-state index in [9.17, 15) is 13.6 Å². The van der Waals surface area contributed by atoms with Crippen molar-refractivity contribution in [3.8, 4) is 5.75 Å². The van der Waals surface area contributed by atoms with E-state index < -0.39 is 11.9 Å². The van der Waals surface area contributed by atoms with Crippen LogP contribution in [0.3, 0.4) is 0 Å². The third-order valence-corrected chi connectivity index (χ3v) is 4.82. The largest absolute Gasteiger partial charge is 0.477 e. The predicted molar refractivity (Wildman–Crippen MR) is 98.9 cm³/mol. The number of nitrogens with zero attached hydrogens (tertiary/aromatic N) is 2. The molecule has 0 saturated carbocycles. The highest BCUT2D eigenvalue weighted by Crippen LogP contribution is 2.34. The van der Waals surface area contributed by atoms with Gasteiger partial charge >= 0.3 is 0 Å². The molecule has 1 unspecified atom stereocenters. The monoisotopic (exact) mass is 378 g/mol. The van der Waals surface area contributed by atoms with Crippen molar-refractivity contribution in [2.75, 3.05) is 25.5 Å². The van der Waals surface area contributed by atoms with Crippen molar-refractivity contribution >= 4 is 23.4 Å². The summed E-state index contributed by atoms with van der Waals surface area (Å²) in [4.78, 5) is 16.5. The lowest BCUT2D eigenvalue weighted by molar-refractivity contribution is -0.136. The fraction of sp³-hybridized carbons (Fsp3) is 0.316. The average molecular weight is 378 g/mol. The van der Waals surface area contributed by atoms with Gasteiger partial charge in [0.15, 0.2) is 6.10 Å². The number of likely N-dealkylation sites (N-methyl/N-ethyl adjacent to an activating group) is 1. The van der Waals surface area contributed by atoms with Gasteiger partial charge in [-0.05, 0) is 29.8 Å². The fourth-order valence-electron chi connectivity index (χ4n) is 2.87. The van der Waals surface area contributed by atoms with Gasteiger partial charge in [0, 0.05) is 25.5 Å². The van der Waals surface area contributed by atoms with Gasteiger partial charge in [0.1, 0.15) is 5.75 Å². The van der Waals surface area contributed by atoms with Gasteiger partial charge in [-0.1, -0.05) is 36.0 Å². The lowest BCUT2D eigenvalue weighted by Crippen LogP contribution is -2.48. The maximum Gasteiger partial charge on any atom is 0.288 e. The van der Waals surface area contributed by atoms with Crippen LogP contribution in [0.4, 0.5) is 14.5 Å². The summed E-state index contributed by atoms with van der Waals surface area (Å²) in [6, 6.07) is 14.7. The van der Waals surface area contributed by atoms with E-state index >= 15 is 0 Å². The van der Waals surface area contributed by atoms with Gasteiger partial charge in [0.25, 0.3) is 11.7 Å². The number of halogens is 2. The zero-order valence-electron chi connectivity index (χ0n) is 14.6. The molecule has 0 spiro atoms. The number of carbonyl (C=O) groups is 1. The highest BCUT2D eigenvalue weighted by atomic mass is 32.2. The number of ether oxygens (including phenoxy) is 1. The summed E-state index contributed by atoms with van der Waals surface area (Å²) >= 11 is 0.532. The van der Waals surface area contributed by atoms with Gasteiger partial charge < -0.3 is 14.5 Å². The molecule has 1 atom stereocenters. The van der Waals surface area contributed by atoms with Crippen LogP contribution in [0.2, 0.25) is 0 Å². The van der Waals surface area contributed by atoms with Crippen molar-refractivity contribution in [2.24, 2.45) is 0 Å². The number of para-hydroxylation sites is 2. The SMILES string of the molecule is CN(C)C(=O)C1CN(Cc2ccc(SC(F)F)cc2)c2ccccc2O1. The highest BCUT2D eigenvalue weighted by Gasteiger charge is 2.31. The van der Waals surface area contributed by atoms with E-state index in [-0.39, 0.29) is 5.91 Å². The van der Waals surface area contributed by atoms with Gasteiger partial charge in [0.05, 0.1) is 12.2 Å². The van der Waals surface area contributed by atoms with E-state index in [1.165, 1.54) is 4.90 Å². The van der Waals surface area contributed by atoms with Gasteiger partial charge in [-0.3, -0.25) is 4.79 Å². The molecule has 3 rings (SSSR count). The zero-order valence-corrected chi connectivity index (χ0v) is 15.4. The number of amides is 1. The van der Waals surface area contributed by atoms with E-state index in [1.54, 1.807) is 26.2 Å². The number of fused-ring (bicyclic) bond motifs is 1. The van der Waals surface area contributed by atoms with Crippen molar-refractivity contribution in [3.63, 3.8) is 0 Å². The Morgan fingerprint density at radius 3 is 2.58 bits per heavy atom. The zero-order chi connectivity index (χ0) is 18.7. The molecule has 1 heterocycles. The normalized spacial score (nSPS) is 16.2. The second-order valence-electron chi connectivity index (χ2n) is 6.21. The van der Waals surface area contributed by atoms with Crippen LogP contribution in [0.1, 0.15) is 5.56 Å². The number of thioether (sulfide) groups is 1. The molecule has 1 amide bonds. The molecule has 1 aliphatic heterocycles. The van der Waals surface area contributed by atoms with Crippen LogP contribution < -0.4 is 9.64 Å². The maximum atomic E-state index is 12.4. The van der Waals surface area contributed by atoms with Crippen LogP contribution in [-0.2, 0) is 11.3 Å². The minimum Gasteiger partial charge on any atom is -0.477 e. The first kappa shape index (κ1) is 18.5. The molecule has 0 fully saturated rings. The molecular weight excluding hydrogens is 358 g/mol. The van der Waals surface area contributed by atoms with E-state index in [0.717, 1.165) is 11.3 Å². The summed E-state index contributed by atoms with van der Waals surface area (Å²) < 4.78 is 30.8. The number of alkyl halides is 2. The maximum absolute atomic E-state index is 12.4. The fourth-order valence-corrected chi connectivity index (χ4v) is 3.37. The molecular formula is C19H20F2N2O2S. The first-order valence-corrected chi connectivity index (χ1v) is 9.07. The number of rotatable bonds is 5. The molecule has 1 aliphatic rings. The molecule has 0 bridgehead atoms. The Morgan fingerprint density at radius 1 is 1.23 bits per heavy atom. The molecule has 26 heavy (non-hydrogen) atoms. The van der Waals surface area contributed by atoms with Gasteiger partial charge in [-0.25, -0.2) is 0 Å². The summed E-state index contributed by atoms with van der Waals surface area (Å²) in [5, 5.41) is 0. The molecule has 0 saturated heterocycles. The van der Waals surface area contributed by atoms with Crippen molar-refractivity contribution in [2.45, 2.75) is 23.3 Å². The molecule has 0 aromatic heterocycles. The Morgan fingerprint density at radius 2 is 1.92 bits per heavy atom. The molecule has 2 aromatic rings. The first-order chi connectivity index (χ1) is 12.4. The van der Waals surface area contributed by atoms with Crippen LogP contribution in [0, 0.1) is 0 Å². The molecule has 0 N–H and O–H groups in total. The Hall–Kier alpha value is -2.28. The Kier molecular flexibility index (Phi) is 5.66. The number of hydrogen-bond donors (Lipinski definition) is 0. The average Bonchev–Trinajstić information content (AvgIpc) is 2.62. The number of carbonyl (C=O) groups excluding carboxylic acids is 1. The highest BCUT2D eigenvalue weighted by molar-refractivity contribution is 7.99. The molecule has 0 radical (unpaired) electrons. The molecule has 138 valence electrons. The third kappa shape index (κ3) is 4.27. The minimum atomic E-state index is -2.43. The van der Waals surface area contributed by atoms with Gasteiger partial charge in [0.2, 0.25) is 0 Å². The van der Waals surface area contributed by atoms with Crippen molar-refractivity contribution in [3.05, 3.63) is 54.1 Å². The lowest BCUT2D eigenvalue weighted by Gasteiger charge is -2.36. The number of benzene rings is 2. The van der Waals surface area contributed by atoms with E-state index in [0.29, 0.717) is 35.5 Å². The second-order valence-corrected chi connectivity index (χ2v) is 7.27. The summed E-state index contributed by atoms with van der Waals surface area (Å²) in [6.07, 6.45) is -0.575. The summed E-state index contributed by atoms with van der Waals surface area (Å²) in [6.45, 7) is 0.999. The van der Waals surface area contributed by atoms with E-state index in [1.807, 2.05) is 36.4 Å². The summed E-state index contributed by atoms with van der Waals surface area (Å²) in [5.74, 6) is -1.85. The minimum absolute atomic E-state index is 0.0896. The third-order valence-electron chi connectivity index (χ3n) is 4.10. The van der Waals surface area contributed by atoms with Crippen molar-refractivity contribution in [1.29, 1.82) is 0 Å². The summed E-state index contributed by atoms with van der Waals surface area (Å²) in [7, 11) is 3.41. The van der Waals surface area contributed by atoms with Crippen molar-refractivity contribution in [1.82, 2.24) is 4.90 Å². The quantitative estimate of drug-likeness (QED) is 0.740. The molecule has 2 aromatic carbocycles. The smallest absolute Gasteiger partial charge is 0.288 e. The second kappa shape index (κ2) is 7.95. The van der Waals surface area contributed by atoms with Crippen LogP contribution in [0.25, 0.3) is 0 Å². The Balaban J connectivity index is 1.80. The Labute approximate surface area is 155 Å². The Bertz CT molecular complexity index is 768. The summed E-state index contributed by atoms with van der Waals surface area (Å²) in [5.41, 5.74) is 1.90. The number of hydrogen-bond acceptors (Lipinski definition) is 4.